The minimum absolute atomic E-state index is 0.0595. The molecule has 0 aliphatic carbocycles. The van der Waals surface area contributed by atoms with Crippen molar-refractivity contribution in [2.75, 3.05) is 45.8 Å². The molecule has 170 valence electrons. The van der Waals surface area contributed by atoms with E-state index in [9.17, 15) is 14.4 Å². The summed E-state index contributed by atoms with van der Waals surface area (Å²) in [6.07, 6.45) is 3.97. The van der Waals surface area contributed by atoms with Crippen molar-refractivity contribution < 1.29 is 14.4 Å². The molecule has 2 unspecified atom stereocenters. The van der Waals surface area contributed by atoms with E-state index < -0.39 is 5.91 Å². The van der Waals surface area contributed by atoms with Gasteiger partial charge in [-0.05, 0) is 71.8 Å². The lowest BCUT2D eigenvalue weighted by molar-refractivity contribution is -0.128. The minimum Gasteiger partial charge on any atom is -0.352 e. The average Bonchev–Trinajstić information content (AvgIpc) is 2.71. The van der Waals surface area contributed by atoms with E-state index in [0.29, 0.717) is 26.1 Å². The molecule has 0 fully saturated rings. The van der Waals surface area contributed by atoms with Crippen LogP contribution in [0.4, 0.5) is 0 Å². The first kappa shape index (κ1) is 27.2. The second kappa shape index (κ2) is 18.3. The summed E-state index contributed by atoms with van der Waals surface area (Å²) in [5.41, 5.74) is 11.0. The standard InChI is InChI=1S/C19H41N7O3/c1-3-15(2)26-18(28)14-24-17(27)13-25-19(29)16(23-12-6-9-21)7-4-10-22-11-5-8-20/h15-16,22-23H,3-14,20-21H2,1-2H3,(H,24,27)(H,25,29)(H,26,28). The lowest BCUT2D eigenvalue weighted by atomic mass is 10.1. The Labute approximate surface area is 174 Å². The number of nitrogens with one attached hydrogen (secondary N) is 5. The van der Waals surface area contributed by atoms with Crippen LogP contribution in [0, 0.1) is 0 Å². The third-order valence-corrected chi connectivity index (χ3v) is 4.38. The molecule has 0 aromatic carbocycles. The highest BCUT2D eigenvalue weighted by atomic mass is 16.2. The highest BCUT2D eigenvalue weighted by Crippen LogP contribution is 1.98. The number of nitrogens with two attached hydrogens (primary N) is 2. The Balaban J connectivity index is 4.23. The predicted molar refractivity (Wildman–Crippen MR) is 115 cm³/mol. The molecule has 29 heavy (non-hydrogen) atoms. The molecule has 0 saturated heterocycles. The van der Waals surface area contributed by atoms with Gasteiger partial charge in [0.15, 0.2) is 0 Å². The fraction of sp³-hybridized carbons (Fsp3) is 0.842. The molecular formula is C19H41N7O3. The largest absolute Gasteiger partial charge is 0.352 e. The van der Waals surface area contributed by atoms with Gasteiger partial charge in [0, 0.05) is 6.04 Å². The normalized spacial score (nSPS) is 12.8. The van der Waals surface area contributed by atoms with E-state index in [2.05, 4.69) is 26.6 Å². The molecule has 0 aliphatic heterocycles. The molecule has 0 heterocycles. The maximum absolute atomic E-state index is 12.4. The van der Waals surface area contributed by atoms with Gasteiger partial charge in [0.25, 0.3) is 0 Å². The summed E-state index contributed by atoms with van der Waals surface area (Å²) in [5.74, 6) is -0.882. The molecule has 0 spiro atoms. The fourth-order valence-electron chi connectivity index (χ4n) is 2.45. The smallest absolute Gasteiger partial charge is 0.239 e. The molecule has 10 nitrogen and oxygen atoms in total. The molecule has 3 amide bonds. The van der Waals surface area contributed by atoms with Gasteiger partial charge in [0.05, 0.1) is 19.1 Å². The highest BCUT2D eigenvalue weighted by Gasteiger charge is 2.18. The Morgan fingerprint density at radius 3 is 2.14 bits per heavy atom. The number of hydrogen-bond acceptors (Lipinski definition) is 7. The predicted octanol–water partition coefficient (Wildman–Crippen LogP) is -1.84. The molecule has 10 heteroatoms. The zero-order valence-corrected chi connectivity index (χ0v) is 18.0. The van der Waals surface area contributed by atoms with Crippen molar-refractivity contribution in [3.63, 3.8) is 0 Å². The van der Waals surface area contributed by atoms with E-state index in [-0.39, 0.29) is 37.0 Å². The zero-order chi connectivity index (χ0) is 21.9. The minimum atomic E-state index is -0.401. The van der Waals surface area contributed by atoms with Crippen molar-refractivity contribution in [2.45, 2.75) is 58.0 Å². The Morgan fingerprint density at radius 1 is 0.862 bits per heavy atom. The molecule has 0 bridgehead atoms. The number of rotatable bonds is 18. The Hall–Kier alpha value is -1.75. The molecule has 0 radical (unpaired) electrons. The first-order chi connectivity index (χ1) is 13.9. The summed E-state index contributed by atoms with van der Waals surface area (Å²) in [6.45, 7) is 7.08. The van der Waals surface area contributed by atoms with Gasteiger partial charge in [-0.2, -0.15) is 0 Å². The fourth-order valence-corrected chi connectivity index (χ4v) is 2.45. The zero-order valence-electron chi connectivity index (χ0n) is 18.0. The van der Waals surface area contributed by atoms with Crippen molar-refractivity contribution in [3.8, 4) is 0 Å². The van der Waals surface area contributed by atoms with Crippen LogP contribution in [0.2, 0.25) is 0 Å². The molecule has 0 saturated carbocycles. The van der Waals surface area contributed by atoms with Crippen molar-refractivity contribution >= 4 is 17.7 Å². The van der Waals surface area contributed by atoms with E-state index >= 15 is 0 Å². The quantitative estimate of drug-likeness (QED) is 0.129. The van der Waals surface area contributed by atoms with Crippen LogP contribution in [-0.4, -0.2) is 75.6 Å². The Morgan fingerprint density at radius 2 is 1.48 bits per heavy atom. The van der Waals surface area contributed by atoms with Gasteiger partial charge in [0.1, 0.15) is 0 Å². The number of carbonyl (C=O) groups is 3. The highest BCUT2D eigenvalue weighted by molar-refractivity contribution is 5.89. The van der Waals surface area contributed by atoms with Crippen LogP contribution in [0.15, 0.2) is 0 Å². The van der Waals surface area contributed by atoms with E-state index in [4.69, 9.17) is 11.5 Å². The van der Waals surface area contributed by atoms with Crippen LogP contribution in [0.1, 0.15) is 46.0 Å². The average molecular weight is 416 g/mol. The van der Waals surface area contributed by atoms with Gasteiger partial charge in [-0.15, -0.1) is 0 Å². The van der Waals surface area contributed by atoms with Gasteiger partial charge >= 0.3 is 0 Å². The summed E-state index contributed by atoms with van der Waals surface area (Å²) in [7, 11) is 0. The number of amides is 3. The SMILES string of the molecule is CCC(C)NC(=O)CNC(=O)CNC(=O)C(CCCNCCCN)NCCCN. The van der Waals surface area contributed by atoms with Crippen LogP contribution in [-0.2, 0) is 14.4 Å². The summed E-state index contributed by atoms with van der Waals surface area (Å²) in [6, 6.07) is -0.330. The maximum atomic E-state index is 12.4. The molecule has 0 aliphatic rings. The Bertz CT molecular complexity index is 463. The van der Waals surface area contributed by atoms with Crippen molar-refractivity contribution in [2.24, 2.45) is 11.5 Å². The van der Waals surface area contributed by atoms with Crippen molar-refractivity contribution in [1.82, 2.24) is 26.6 Å². The second-order valence-electron chi connectivity index (χ2n) is 7.05. The van der Waals surface area contributed by atoms with Crippen LogP contribution in [0.3, 0.4) is 0 Å². The molecule has 2 atom stereocenters. The summed E-state index contributed by atoms with van der Waals surface area (Å²) >= 11 is 0. The maximum Gasteiger partial charge on any atom is 0.239 e. The van der Waals surface area contributed by atoms with Crippen LogP contribution in [0.5, 0.6) is 0 Å². The topological polar surface area (TPSA) is 163 Å². The number of carbonyl (C=O) groups excluding carboxylic acids is 3. The van der Waals surface area contributed by atoms with Crippen molar-refractivity contribution in [1.29, 1.82) is 0 Å². The number of hydrogen-bond donors (Lipinski definition) is 7. The van der Waals surface area contributed by atoms with Crippen molar-refractivity contribution in [3.05, 3.63) is 0 Å². The van der Waals surface area contributed by atoms with Crippen LogP contribution < -0.4 is 38.1 Å². The molecular weight excluding hydrogens is 374 g/mol. The summed E-state index contributed by atoms with van der Waals surface area (Å²) in [4.78, 5) is 36.0. The third-order valence-electron chi connectivity index (χ3n) is 4.38. The second-order valence-corrected chi connectivity index (χ2v) is 7.05. The van der Waals surface area contributed by atoms with Gasteiger partial charge < -0.3 is 38.1 Å². The van der Waals surface area contributed by atoms with Crippen LogP contribution >= 0.6 is 0 Å². The molecule has 0 rings (SSSR count). The van der Waals surface area contributed by atoms with E-state index in [0.717, 1.165) is 38.8 Å². The molecule has 0 aromatic rings. The van der Waals surface area contributed by atoms with E-state index in [1.54, 1.807) is 0 Å². The molecule has 0 aromatic heterocycles. The van der Waals surface area contributed by atoms with E-state index in [1.807, 2.05) is 13.8 Å². The summed E-state index contributed by atoms with van der Waals surface area (Å²) in [5, 5.41) is 14.4. The van der Waals surface area contributed by atoms with Gasteiger partial charge in [-0.1, -0.05) is 6.92 Å². The monoisotopic (exact) mass is 415 g/mol. The van der Waals surface area contributed by atoms with Gasteiger partial charge in [0.2, 0.25) is 17.7 Å². The van der Waals surface area contributed by atoms with Crippen LogP contribution in [0.25, 0.3) is 0 Å². The lowest BCUT2D eigenvalue weighted by Gasteiger charge is -2.18. The molecule has 9 N–H and O–H groups in total. The Kier molecular flexibility index (Phi) is 17.2. The van der Waals surface area contributed by atoms with Gasteiger partial charge in [-0.25, -0.2) is 0 Å². The first-order valence-electron chi connectivity index (χ1n) is 10.6. The van der Waals surface area contributed by atoms with E-state index in [1.165, 1.54) is 0 Å². The first-order valence-corrected chi connectivity index (χ1v) is 10.6. The lowest BCUT2D eigenvalue weighted by Crippen LogP contribution is -2.49. The van der Waals surface area contributed by atoms with Gasteiger partial charge in [-0.3, -0.25) is 14.4 Å². The summed E-state index contributed by atoms with van der Waals surface area (Å²) < 4.78 is 0. The third kappa shape index (κ3) is 15.8.